The van der Waals surface area contributed by atoms with Crippen LogP contribution in [0.1, 0.15) is 45.2 Å². The molecule has 0 spiro atoms. The van der Waals surface area contributed by atoms with Gasteiger partial charge in [-0.3, -0.25) is 0 Å². The molecule has 0 bridgehead atoms. The molecule has 0 saturated heterocycles. The molecule has 26 heavy (non-hydrogen) atoms. The third-order valence-electron chi connectivity index (χ3n) is 4.34. The molecular formula is C22H28N4. The molecule has 0 aliphatic carbocycles. The fraction of sp³-hybridized carbons (Fsp3) is 0.364. The number of nitrogen functional groups attached to an aromatic ring is 1. The van der Waals surface area contributed by atoms with Crippen LogP contribution in [0.4, 0.5) is 5.69 Å². The Labute approximate surface area is 155 Å². The molecule has 2 N–H and O–H groups in total. The number of hydrogen-bond donors (Lipinski definition) is 1. The van der Waals surface area contributed by atoms with Gasteiger partial charge in [0.05, 0.1) is 5.69 Å². The van der Waals surface area contributed by atoms with Gasteiger partial charge in [-0.15, -0.1) is 10.2 Å². The second kappa shape index (κ2) is 6.94. The van der Waals surface area contributed by atoms with Gasteiger partial charge < -0.3 is 5.73 Å². The summed E-state index contributed by atoms with van der Waals surface area (Å²) < 4.78 is 0. The third-order valence-corrected chi connectivity index (χ3v) is 4.34. The fourth-order valence-corrected chi connectivity index (χ4v) is 3.02. The Morgan fingerprint density at radius 2 is 1.73 bits per heavy atom. The lowest BCUT2D eigenvalue weighted by Gasteiger charge is -2.18. The van der Waals surface area contributed by atoms with Crippen LogP contribution in [0.15, 0.2) is 48.6 Å². The van der Waals surface area contributed by atoms with Gasteiger partial charge in [-0.05, 0) is 73.1 Å². The van der Waals surface area contributed by atoms with Crippen LogP contribution in [-0.4, -0.2) is 15.0 Å². The number of fused-ring (bicyclic) bond motifs is 1. The lowest BCUT2D eigenvalue weighted by molar-refractivity contribution is 0.378. The zero-order valence-electron chi connectivity index (χ0n) is 16.2. The Bertz CT molecular complexity index is 944. The number of allylic oxidation sites excluding steroid dienone is 1. The Morgan fingerprint density at radius 1 is 1.04 bits per heavy atom. The predicted molar refractivity (Wildman–Crippen MR) is 110 cm³/mol. The minimum absolute atomic E-state index is 0.306. The highest BCUT2D eigenvalue weighted by Gasteiger charge is 2.12. The highest BCUT2D eigenvalue weighted by Crippen LogP contribution is 2.24. The van der Waals surface area contributed by atoms with Crippen molar-refractivity contribution in [3.05, 3.63) is 59.7 Å². The topological polar surface area (TPSA) is 56.7 Å². The molecule has 2 aromatic carbocycles. The lowest BCUT2D eigenvalue weighted by Crippen LogP contribution is -2.07. The minimum atomic E-state index is 0.306. The first-order valence-corrected chi connectivity index (χ1v) is 9.10. The highest BCUT2D eigenvalue weighted by atomic mass is 15.5. The fourth-order valence-electron chi connectivity index (χ4n) is 3.02. The molecule has 0 atom stereocenters. The van der Waals surface area contributed by atoms with E-state index in [9.17, 15) is 0 Å². The van der Waals surface area contributed by atoms with Crippen LogP contribution in [0.25, 0.3) is 16.7 Å². The minimum Gasteiger partial charge on any atom is -0.399 e. The third kappa shape index (κ3) is 4.51. The van der Waals surface area contributed by atoms with Crippen LogP contribution < -0.4 is 5.73 Å². The maximum atomic E-state index is 5.87. The average Bonchev–Trinajstić information content (AvgIpc) is 2.94. The Balaban J connectivity index is 2.01. The summed E-state index contributed by atoms with van der Waals surface area (Å²) in [6, 6.07) is 12.2. The number of aryl methyl sites for hydroxylation is 1. The molecule has 0 aliphatic rings. The first-order chi connectivity index (χ1) is 12.2. The van der Waals surface area contributed by atoms with Crippen LogP contribution >= 0.6 is 0 Å². The van der Waals surface area contributed by atoms with Gasteiger partial charge in [0.2, 0.25) is 0 Å². The molecule has 0 aliphatic heterocycles. The molecule has 3 rings (SSSR count). The molecule has 136 valence electrons. The molecule has 0 unspecified atom stereocenters. The second-order valence-electron chi connectivity index (χ2n) is 8.44. The molecule has 1 aromatic heterocycles. The van der Waals surface area contributed by atoms with Gasteiger partial charge in [0.25, 0.3) is 0 Å². The largest absolute Gasteiger partial charge is 0.399 e. The number of anilines is 1. The maximum absolute atomic E-state index is 5.87. The van der Waals surface area contributed by atoms with Crippen molar-refractivity contribution in [1.82, 2.24) is 15.0 Å². The van der Waals surface area contributed by atoms with E-state index >= 15 is 0 Å². The van der Waals surface area contributed by atoms with E-state index in [-0.39, 0.29) is 0 Å². The summed E-state index contributed by atoms with van der Waals surface area (Å²) in [5, 5.41) is 9.24. The monoisotopic (exact) mass is 348 g/mol. The van der Waals surface area contributed by atoms with E-state index in [4.69, 9.17) is 5.73 Å². The number of aromatic nitrogens is 3. The first-order valence-electron chi connectivity index (χ1n) is 9.10. The van der Waals surface area contributed by atoms with E-state index in [0.29, 0.717) is 11.1 Å². The number of rotatable bonds is 5. The van der Waals surface area contributed by atoms with Gasteiger partial charge in [0, 0.05) is 5.69 Å². The normalized spacial score (nSPS) is 11.8. The lowest BCUT2D eigenvalue weighted by atomic mass is 9.88. The van der Waals surface area contributed by atoms with Gasteiger partial charge in [-0.25, -0.2) is 0 Å². The highest BCUT2D eigenvalue weighted by molar-refractivity contribution is 5.77. The average molecular weight is 348 g/mol. The van der Waals surface area contributed by atoms with Crippen LogP contribution in [0.2, 0.25) is 0 Å². The predicted octanol–water partition coefficient (Wildman–Crippen LogP) is 5.10. The molecule has 3 aromatic rings. The summed E-state index contributed by atoms with van der Waals surface area (Å²) in [5.41, 5.74) is 13.2. The summed E-state index contributed by atoms with van der Waals surface area (Å²) in [6.45, 7) is 12.9. The van der Waals surface area contributed by atoms with Crippen molar-refractivity contribution in [3.63, 3.8) is 0 Å². The van der Waals surface area contributed by atoms with Crippen LogP contribution in [-0.2, 0) is 12.8 Å². The quantitative estimate of drug-likeness (QED) is 0.515. The summed E-state index contributed by atoms with van der Waals surface area (Å²) >= 11 is 0. The molecule has 0 radical (unpaired) electrons. The molecule has 0 fully saturated rings. The summed E-state index contributed by atoms with van der Waals surface area (Å²) in [7, 11) is 0. The molecule has 0 saturated carbocycles. The van der Waals surface area contributed by atoms with Crippen LogP contribution in [0.5, 0.6) is 0 Å². The number of hydrogen-bond acceptors (Lipinski definition) is 3. The van der Waals surface area contributed by atoms with E-state index in [1.807, 2.05) is 18.2 Å². The Morgan fingerprint density at radius 3 is 2.42 bits per heavy atom. The molecule has 1 heterocycles. The standard InChI is InChI=1S/C22H28N4/c1-15(2)10-17-11-16(8-9-22(3,4)5)12-19(13-17)26-24-20-7-6-18(23)14-21(20)25-26/h6-7,11-14H,1,8-10,23H2,2-5H3. The number of benzene rings is 2. The van der Waals surface area contributed by atoms with Gasteiger partial charge in [-0.2, -0.15) is 4.80 Å². The van der Waals surface area contributed by atoms with Crippen molar-refractivity contribution in [1.29, 1.82) is 0 Å². The van der Waals surface area contributed by atoms with Gasteiger partial charge >= 0.3 is 0 Å². The van der Waals surface area contributed by atoms with Gasteiger partial charge in [-0.1, -0.05) is 39.0 Å². The van der Waals surface area contributed by atoms with Crippen LogP contribution in [0, 0.1) is 5.41 Å². The number of nitrogens with zero attached hydrogens (tertiary/aromatic N) is 3. The van der Waals surface area contributed by atoms with Gasteiger partial charge in [0.15, 0.2) is 0 Å². The second-order valence-corrected chi connectivity index (χ2v) is 8.44. The molecular weight excluding hydrogens is 320 g/mol. The summed E-state index contributed by atoms with van der Waals surface area (Å²) in [4.78, 5) is 1.71. The molecule has 4 heteroatoms. The van der Waals surface area contributed by atoms with E-state index in [0.717, 1.165) is 41.6 Å². The Hall–Kier alpha value is -2.62. The van der Waals surface area contributed by atoms with Crippen molar-refractivity contribution >= 4 is 16.7 Å². The SMILES string of the molecule is C=C(C)Cc1cc(CCC(C)(C)C)cc(-n2nc3ccc(N)cc3n2)c1. The zero-order valence-corrected chi connectivity index (χ0v) is 16.2. The number of nitrogens with two attached hydrogens (primary N) is 1. The molecule has 4 nitrogen and oxygen atoms in total. The molecule has 0 amide bonds. The van der Waals surface area contributed by atoms with Crippen molar-refractivity contribution < 1.29 is 0 Å². The summed E-state index contributed by atoms with van der Waals surface area (Å²) in [6.07, 6.45) is 3.03. The van der Waals surface area contributed by atoms with Crippen molar-refractivity contribution in [2.75, 3.05) is 5.73 Å². The van der Waals surface area contributed by atoms with Gasteiger partial charge in [0.1, 0.15) is 11.0 Å². The van der Waals surface area contributed by atoms with E-state index in [2.05, 4.69) is 62.7 Å². The summed E-state index contributed by atoms with van der Waals surface area (Å²) in [5.74, 6) is 0. The van der Waals surface area contributed by atoms with Crippen molar-refractivity contribution in [3.8, 4) is 5.69 Å². The van der Waals surface area contributed by atoms with Crippen molar-refractivity contribution in [2.24, 2.45) is 5.41 Å². The van der Waals surface area contributed by atoms with E-state index < -0.39 is 0 Å². The van der Waals surface area contributed by atoms with E-state index in [1.54, 1.807) is 4.80 Å². The van der Waals surface area contributed by atoms with Crippen molar-refractivity contribution in [2.45, 2.75) is 47.0 Å². The smallest absolute Gasteiger partial charge is 0.115 e. The maximum Gasteiger partial charge on any atom is 0.115 e. The van der Waals surface area contributed by atoms with Crippen LogP contribution in [0.3, 0.4) is 0 Å². The zero-order chi connectivity index (χ0) is 18.9. The first kappa shape index (κ1) is 18.2. The Kier molecular flexibility index (Phi) is 4.86. The van der Waals surface area contributed by atoms with E-state index in [1.165, 1.54) is 11.1 Å².